The maximum absolute atomic E-state index is 14.1. The third kappa shape index (κ3) is 4.79. The molecule has 0 radical (unpaired) electrons. The summed E-state index contributed by atoms with van der Waals surface area (Å²) >= 11 is 0. The minimum atomic E-state index is -2.71. The van der Waals surface area contributed by atoms with Gasteiger partial charge in [0.25, 0.3) is 11.8 Å². The number of carbonyl (C=O) groups excluding carboxylic acids is 4. The molecule has 0 heterocycles. The van der Waals surface area contributed by atoms with Gasteiger partial charge in [-0.15, -0.1) is 0 Å². The van der Waals surface area contributed by atoms with E-state index in [-0.39, 0.29) is 35.6 Å². The molecule has 2 amide bonds. The number of hydrogen-bond acceptors (Lipinski definition) is 10. The quantitative estimate of drug-likeness (QED) is 0.214. The Balaban J connectivity index is 1.65. The van der Waals surface area contributed by atoms with E-state index in [0.717, 1.165) is 0 Å². The fraction of sp³-hybridized carbons (Fsp3) is 0.412. The second-order valence-corrected chi connectivity index (χ2v) is 12.2. The number of phenolic OH excluding ortho intramolecular Hbond substituents is 1. The number of amides is 2. The first-order chi connectivity index (χ1) is 21.7. The van der Waals surface area contributed by atoms with E-state index in [1.807, 2.05) is 31.8 Å². The van der Waals surface area contributed by atoms with Crippen LogP contribution in [0.2, 0.25) is 0 Å². The van der Waals surface area contributed by atoms with Crippen LogP contribution in [0.25, 0.3) is 16.9 Å². The Hall–Kier alpha value is -4.52. The first-order valence-electron chi connectivity index (χ1n) is 15.4. The van der Waals surface area contributed by atoms with E-state index in [1.54, 1.807) is 43.4 Å². The number of primary amides is 1. The summed E-state index contributed by atoms with van der Waals surface area (Å²) in [6, 6.07) is 8.93. The molecule has 3 aliphatic carbocycles. The molecule has 6 N–H and O–H groups in total. The van der Waals surface area contributed by atoms with Crippen molar-refractivity contribution in [1.29, 1.82) is 0 Å². The molecule has 5 rings (SSSR count). The molecule has 244 valence electrons. The number of rotatable bonds is 8. The number of hydrogen-bond donors (Lipinski definition) is 5. The molecule has 4 atom stereocenters. The second-order valence-electron chi connectivity index (χ2n) is 12.2. The SMILES string of the molecule is CCN(CC)N(CC)C(=O)c1cccc(-c2ccc(O)c3c2C[C@H]2C[C@H]4[C@H](N(C)C)C(=O)C(C(N)=O)=C(O)[C@@]4(O)C(=O)C2=C3O)c1. The fourth-order valence-electron chi connectivity index (χ4n) is 7.52. The number of aliphatic hydroxyl groups is 3. The standard InChI is InChI=1S/C34H40N4O8/c1-6-37(7-2)38(8-3)33(45)18-11-9-10-17(14-18)20-12-13-23(39)25-21(20)15-19-16-22-27(36(4)5)29(41)26(32(35)44)31(43)34(22,46)30(42)24(19)28(25)40/h9-14,19,22,27,39-40,43,46H,6-8,15-16H2,1-5H3,(H2,35,44)/t19-,22-,27-,34-/m0/s1. The van der Waals surface area contributed by atoms with Gasteiger partial charge < -0.3 is 26.2 Å². The van der Waals surface area contributed by atoms with Crippen molar-refractivity contribution in [3.05, 3.63) is 70.0 Å². The summed E-state index contributed by atoms with van der Waals surface area (Å²) in [5, 5.41) is 49.0. The van der Waals surface area contributed by atoms with Crippen molar-refractivity contribution in [3.8, 4) is 16.9 Å². The summed E-state index contributed by atoms with van der Waals surface area (Å²) in [6.07, 6.45) is 0.117. The molecule has 0 saturated heterocycles. The number of fused-ring (bicyclic) bond motifs is 3. The molecular weight excluding hydrogens is 592 g/mol. The number of carbonyl (C=O) groups is 4. The molecule has 3 aliphatic rings. The highest BCUT2D eigenvalue weighted by Crippen LogP contribution is 2.53. The van der Waals surface area contributed by atoms with E-state index in [1.165, 1.54) is 11.0 Å². The van der Waals surface area contributed by atoms with Crippen molar-refractivity contribution in [2.45, 2.75) is 45.3 Å². The predicted octanol–water partition coefficient (Wildman–Crippen LogP) is 2.35. The molecule has 2 aromatic carbocycles. The van der Waals surface area contributed by atoms with Crippen molar-refractivity contribution in [2.24, 2.45) is 17.6 Å². The molecule has 12 heteroatoms. The fourth-order valence-corrected chi connectivity index (χ4v) is 7.52. The lowest BCUT2D eigenvalue weighted by molar-refractivity contribution is -0.153. The average molecular weight is 633 g/mol. The summed E-state index contributed by atoms with van der Waals surface area (Å²) in [5.41, 5.74) is 3.84. The lowest BCUT2D eigenvalue weighted by atomic mass is 9.57. The Morgan fingerprint density at radius 3 is 2.26 bits per heavy atom. The van der Waals surface area contributed by atoms with Gasteiger partial charge in [0.15, 0.2) is 11.4 Å². The Kier molecular flexibility index (Phi) is 8.58. The van der Waals surface area contributed by atoms with E-state index < -0.39 is 58.0 Å². The average Bonchev–Trinajstić information content (AvgIpc) is 3.01. The van der Waals surface area contributed by atoms with E-state index in [4.69, 9.17) is 5.73 Å². The van der Waals surface area contributed by atoms with Gasteiger partial charge in [0.2, 0.25) is 5.78 Å². The van der Waals surface area contributed by atoms with Crippen LogP contribution < -0.4 is 5.73 Å². The van der Waals surface area contributed by atoms with Crippen molar-refractivity contribution in [1.82, 2.24) is 14.9 Å². The van der Waals surface area contributed by atoms with Crippen LogP contribution in [0.4, 0.5) is 0 Å². The number of hydrazine groups is 1. The van der Waals surface area contributed by atoms with Gasteiger partial charge in [-0.2, -0.15) is 0 Å². The number of aromatic hydroxyl groups is 1. The maximum atomic E-state index is 14.1. The lowest BCUT2D eigenvalue weighted by Crippen LogP contribution is -2.65. The largest absolute Gasteiger partial charge is 0.508 e. The van der Waals surface area contributed by atoms with Crippen molar-refractivity contribution in [2.75, 3.05) is 33.7 Å². The van der Waals surface area contributed by atoms with Crippen LogP contribution in [0.1, 0.15) is 48.7 Å². The molecule has 1 saturated carbocycles. The van der Waals surface area contributed by atoms with Crippen LogP contribution in [0.5, 0.6) is 5.75 Å². The van der Waals surface area contributed by atoms with Gasteiger partial charge in [0.05, 0.1) is 11.6 Å². The van der Waals surface area contributed by atoms with Gasteiger partial charge in [-0.1, -0.05) is 32.0 Å². The first kappa shape index (κ1) is 32.9. The summed E-state index contributed by atoms with van der Waals surface area (Å²) in [4.78, 5) is 54.7. The van der Waals surface area contributed by atoms with Crippen molar-refractivity contribution in [3.63, 3.8) is 0 Å². The number of phenols is 1. The minimum Gasteiger partial charge on any atom is -0.508 e. The highest BCUT2D eigenvalue weighted by molar-refractivity contribution is 6.24. The molecule has 2 aromatic rings. The zero-order valence-electron chi connectivity index (χ0n) is 26.6. The molecule has 0 aliphatic heterocycles. The number of likely N-dealkylation sites (N-methyl/N-ethyl adjacent to an activating group) is 1. The molecule has 0 spiro atoms. The first-order valence-corrected chi connectivity index (χ1v) is 15.4. The summed E-state index contributed by atoms with van der Waals surface area (Å²) in [5.74, 6) is -7.24. The third-order valence-corrected chi connectivity index (χ3v) is 9.63. The number of aliphatic hydroxyl groups excluding tert-OH is 2. The highest BCUT2D eigenvalue weighted by Gasteiger charge is 2.64. The molecule has 1 fully saturated rings. The predicted molar refractivity (Wildman–Crippen MR) is 169 cm³/mol. The van der Waals surface area contributed by atoms with Crippen LogP contribution >= 0.6 is 0 Å². The Morgan fingerprint density at radius 1 is 1.00 bits per heavy atom. The van der Waals surface area contributed by atoms with Gasteiger partial charge in [-0.3, -0.25) is 29.1 Å². The molecular formula is C34H40N4O8. The van der Waals surface area contributed by atoms with E-state index in [2.05, 4.69) is 0 Å². The lowest BCUT2D eigenvalue weighted by Gasteiger charge is -2.50. The molecule has 0 aromatic heterocycles. The number of ketones is 2. The van der Waals surface area contributed by atoms with Gasteiger partial charge in [0.1, 0.15) is 22.8 Å². The van der Waals surface area contributed by atoms with E-state index >= 15 is 0 Å². The smallest absolute Gasteiger partial charge is 0.268 e. The Bertz CT molecular complexity index is 1710. The monoisotopic (exact) mass is 632 g/mol. The highest BCUT2D eigenvalue weighted by atomic mass is 16.3. The zero-order chi connectivity index (χ0) is 33.8. The number of nitrogens with two attached hydrogens (primary N) is 1. The topological polar surface area (TPSA) is 185 Å². The normalized spacial score (nSPS) is 24.2. The van der Waals surface area contributed by atoms with Gasteiger partial charge in [-0.05, 0) is 74.7 Å². The third-order valence-electron chi connectivity index (χ3n) is 9.63. The van der Waals surface area contributed by atoms with Crippen LogP contribution in [0.3, 0.4) is 0 Å². The van der Waals surface area contributed by atoms with Gasteiger partial charge in [-0.25, -0.2) is 5.01 Å². The van der Waals surface area contributed by atoms with Crippen molar-refractivity contribution < 1.29 is 39.6 Å². The van der Waals surface area contributed by atoms with E-state index in [9.17, 15) is 39.6 Å². The number of benzene rings is 2. The molecule has 12 nitrogen and oxygen atoms in total. The number of nitrogens with zero attached hydrogens (tertiary/aromatic N) is 3. The van der Waals surface area contributed by atoms with Crippen molar-refractivity contribution >= 4 is 29.1 Å². The Labute approximate surface area is 267 Å². The van der Waals surface area contributed by atoms with Crippen LogP contribution in [-0.4, -0.2) is 104 Å². The van der Waals surface area contributed by atoms with Crippen LogP contribution in [-0.2, 0) is 20.8 Å². The summed E-state index contributed by atoms with van der Waals surface area (Å²) in [7, 11) is 3.11. The Morgan fingerprint density at radius 2 is 1.67 bits per heavy atom. The van der Waals surface area contributed by atoms with E-state index in [0.29, 0.717) is 41.9 Å². The molecule has 0 bridgehead atoms. The molecule has 46 heavy (non-hydrogen) atoms. The van der Waals surface area contributed by atoms with Crippen LogP contribution in [0.15, 0.2) is 53.3 Å². The minimum absolute atomic E-state index is 0.0103. The maximum Gasteiger partial charge on any atom is 0.268 e. The zero-order valence-corrected chi connectivity index (χ0v) is 26.6. The van der Waals surface area contributed by atoms with Gasteiger partial charge in [0, 0.05) is 36.7 Å². The number of Topliss-reactive ketones (excluding diaryl/α,β-unsaturated/α-hetero) is 2. The van der Waals surface area contributed by atoms with Crippen LogP contribution in [0, 0.1) is 11.8 Å². The summed E-state index contributed by atoms with van der Waals surface area (Å²) in [6.45, 7) is 7.64. The summed E-state index contributed by atoms with van der Waals surface area (Å²) < 4.78 is 0. The van der Waals surface area contributed by atoms with Gasteiger partial charge >= 0.3 is 0 Å². The second kappa shape index (κ2) is 12.0. The molecule has 0 unspecified atom stereocenters.